The molecule has 0 radical (unpaired) electrons. The molecule has 0 saturated carbocycles. The first-order valence-corrected chi connectivity index (χ1v) is 7.94. The second-order valence-corrected chi connectivity index (χ2v) is 5.82. The van der Waals surface area contributed by atoms with Crippen LogP contribution in [-0.2, 0) is 6.54 Å². The largest absolute Gasteiger partial charge is 0.365 e. The number of nitrogens with zero attached hydrogens (tertiary/aromatic N) is 2. The molecular formula is C16H29N3O. The molecule has 0 aliphatic rings. The molecule has 0 spiro atoms. The summed E-state index contributed by atoms with van der Waals surface area (Å²) < 4.78 is 1.74. The molecule has 1 aromatic rings. The van der Waals surface area contributed by atoms with E-state index in [0.717, 1.165) is 19.5 Å². The van der Waals surface area contributed by atoms with E-state index in [1.807, 2.05) is 0 Å². The van der Waals surface area contributed by atoms with Crippen molar-refractivity contribution in [1.29, 1.82) is 0 Å². The molecule has 4 nitrogen and oxygen atoms in total. The van der Waals surface area contributed by atoms with Gasteiger partial charge in [-0.2, -0.15) is 0 Å². The number of nitrogens with one attached hydrogen (secondary N) is 1. The van der Waals surface area contributed by atoms with Crippen LogP contribution >= 0.6 is 0 Å². The van der Waals surface area contributed by atoms with E-state index >= 15 is 0 Å². The average molecular weight is 279 g/mol. The van der Waals surface area contributed by atoms with Crippen LogP contribution in [0.15, 0.2) is 17.2 Å². The van der Waals surface area contributed by atoms with Crippen molar-refractivity contribution in [1.82, 2.24) is 9.55 Å². The summed E-state index contributed by atoms with van der Waals surface area (Å²) in [6.45, 7) is 8.02. The number of anilines is 1. The predicted octanol–water partition coefficient (Wildman–Crippen LogP) is 3.67. The summed E-state index contributed by atoms with van der Waals surface area (Å²) in [5, 5.41) is 3.17. The Bertz CT molecular complexity index is 426. The van der Waals surface area contributed by atoms with E-state index in [2.05, 4.69) is 31.1 Å². The van der Waals surface area contributed by atoms with Crippen molar-refractivity contribution in [2.24, 2.45) is 5.92 Å². The lowest BCUT2D eigenvalue weighted by molar-refractivity contribution is 0.509. The van der Waals surface area contributed by atoms with Gasteiger partial charge in [-0.3, -0.25) is 4.79 Å². The zero-order valence-corrected chi connectivity index (χ0v) is 13.2. The molecule has 0 fully saturated rings. The lowest BCUT2D eigenvalue weighted by atomic mass is 10.1. The monoisotopic (exact) mass is 279 g/mol. The molecule has 1 aromatic heterocycles. The molecule has 0 amide bonds. The number of rotatable bonds is 10. The van der Waals surface area contributed by atoms with Crippen molar-refractivity contribution in [2.45, 2.75) is 65.8 Å². The van der Waals surface area contributed by atoms with E-state index in [1.54, 1.807) is 17.0 Å². The van der Waals surface area contributed by atoms with Crippen LogP contribution < -0.4 is 10.9 Å². The molecule has 0 aromatic carbocycles. The van der Waals surface area contributed by atoms with Gasteiger partial charge in [-0.25, -0.2) is 4.98 Å². The molecule has 1 N–H and O–H groups in total. The van der Waals surface area contributed by atoms with E-state index in [4.69, 9.17) is 0 Å². The second kappa shape index (κ2) is 9.56. The molecule has 20 heavy (non-hydrogen) atoms. The van der Waals surface area contributed by atoms with Gasteiger partial charge < -0.3 is 9.88 Å². The molecule has 1 rings (SSSR count). The third-order valence-corrected chi connectivity index (χ3v) is 3.30. The summed E-state index contributed by atoms with van der Waals surface area (Å²) in [5.41, 5.74) is -0.00724. The van der Waals surface area contributed by atoms with E-state index in [0.29, 0.717) is 11.7 Å². The first-order chi connectivity index (χ1) is 9.65. The SMILES string of the molecule is CCCCCCCCNc1nccn(CC(C)C)c1=O. The van der Waals surface area contributed by atoms with Gasteiger partial charge in [0.1, 0.15) is 0 Å². The van der Waals surface area contributed by atoms with Crippen molar-refractivity contribution in [2.75, 3.05) is 11.9 Å². The van der Waals surface area contributed by atoms with E-state index in [1.165, 1.54) is 32.1 Å². The molecule has 114 valence electrons. The van der Waals surface area contributed by atoms with Crippen LogP contribution in [0, 0.1) is 5.92 Å². The molecule has 1 heterocycles. The maximum atomic E-state index is 12.1. The summed E-state index contributed by atoms with van der Waals surface area (Å²) in [6.07, 6.45) is 11.0. The number of unbranched alkanes of at least 4 members (excludes halogenated alkanes) is 5. The Kier molecular flexibility index (Phi) is 8.00. The number of hydrogen-bond donors (Lipinski definition) is 1. The summed E-state index contributed by atoms with van der Waals surface area (Å²) in [5.74, 6) is 0.947. The quantitative estimate of drug-likeness (QED) is 0.665. The molecule has 0 bridgehead atoms. The molecule has 0 aliphatic heterocycles. The van der Waals surface area contributed by atoms with Crippen LogP contribution in [-0.4, -0.2) is 16.1 Å². The van der Waals surface area contributed by atoms with Crippen molar-refractivity contribution >= 4 is 5.82 Å². The zero-order valence-electron chi connectivity index (χ0n) is 13.2. The van der Waals surface area contributed by atoms with Crippen LogP contribution in [0.5, 0.6) is 0 Å². The Hall–Kier alpha value is -1.32. The number of aromatic nitrogens is 2. The Labute approximate surface area is 122 Å². The van der Waals surface area contributed by atoms with Gasteiger partial charge in [-0.05, 0) is 12.3 Å². The highest BCUT2D eigenvalue weighted by atomic mass is 16.1. The highest BCUT2D eigenvalue weighted by Crippen LogP contribution is 2.05. The maximum Gasteiger partial charge on any atom is 0.293 e. The van der Waals surface area contributed by atoms with Gasteiger partial charge in [0.05, 0.1) is 0 Å². The zero-order chi connectivity index (χ0) is 14.8. The summed E-state index contributed by atoms with van der Waals surface area (Å²) in [7, 11) is 0. The normalized spacial score (nSPS) is 11.0. The Balaban J connectivity index is 2.35. The smallest absolute Gasteiger partial charge is 0.293 e. The first-order valence-electron chi connectivity index (χ1n) is 7.94. The molecule has 4 heteroatoms. The van der Waals surface area contributed by atoms with E-state index in [9.17, 15) is 4.79 Å². The molecular weight excluding hydrogens is 250 g/mol. The Morgan fingerprint density at radius 3 is 2.60 bits per heavy atom. The van der Waals surface area contributed by atoms with Crippen molar-refractivity contribution in [3.05, 3.63) is 22.7 Å². The van der Waals surface area contributed by atoms with Crippen LogP contribution in [0.25, 0.3) is 0 Å². The van der Waals surface area contributed by atoms with Crippen molar-refractivity contribution < 1.29 is 0 Å². The van der Waals surface area contributed by atoms with Gasteiger partial charge in [-0.15, -0.1) is 0 Å². The average Bonchev–Trinajstić information content (AvgIpc) is 2.41. The maximum absolute atomic E-state index is 12.1. The fraction of sp³-hybridized carbons (Fsp3) is 0.750. The molecule has 0 unspecified atom stereocenters. The van der Waals surface area contributed by atoms with Crippen LogP contribution in [0.1, 0.15) is 59.3 Å². The van der Waals surface area contributed by atoms with Crippen molar-refractivity contribution in [3.8, 4) is 0 Å². The van der Waals surface area contributed by atoms with Gasteiger partial charge in [-0.1, -0.05) is 52.9 Å². The van der Waals surface area contributed by atoms with Gasteiger partial charge in [0.15, 0.2) is 5.82 Å². The highest BCUT2D eigenvalue weighted by molar-refractivity contribution is 5.30. The molecule has 0 atom stereocenters. The molecule has 0 aliphatic carbocycles. The number of hydrogen-bond acceptors (Lipinski definition) is 3. The topological polar surface area (TPSA) is 46.9 Å². The highest BCUT2D eigenvalue weighted by Gasteiger charge is 2.05. The molecule has 0 saturated heterocycles. The third kappa shape index (κ3) is 6.22. The van der Waals surface area contributed by atoms with E-state index in [-0.39, 0.29) is 5.56 Å². The predicted molar refractivity (Wildman–Crippen MR) is 85.2 cm³/mol. The summed E-state index contributed by atoms with van der Waals surface area (Å²) >= 11 is 0. The lowest BCUT2D eigenvalue weighted by Crippen LogP contribution is -2.26. The minimum absolute atomic E-state index is 0.00724. The Morgan fingerprint density at radius 1 is 1.20 bits per heavy atom. The van der Waals surface area contributed by atoms with E-state index < -0.39 is 0 Å². The minimum atomic E-state index is -0.00724. The Morgan fingerprint density at radius 2 is 1.90 bits per heavy atom. The minimum Gasteiger partial charge on any atom is -0.365 e. The third-order valence-electron chi connectivity index (χ3n) is 3.30. The van der Waals surface area contributed by atoms with Gasteiger partial charge in [0.25, 0.3) is 5.56 Å². The second-order valence-electron chi connectivity index (χ2n) is 5.82. The van der Waals surface area contributed by atoms with Crippen LogP contribution in [0.4, 0.5) is 5.82 Å². The van der Waals surface area contributed by atoms with Gasteiger partial charge in [0.2, 0.25) is 0 Å². The van der Waals surface area contributed by atoms with Gasteiger partial charge >= 0.3 is 0 Å². The first kappa shape index (κ1) is 16.7. The standard InChI is InChI=1S/C16H29N3O/c1-4-5-6-7-8-9-10-17-15-16(20)19(12-11-18-15)13-14(2)3/h11-12,14H,4-10,13H2,1-3H3,(H,17,18). The fourth-order valence-electron chi connectivity index (χ4n) is 2.22. The summed E-state index contributed by atoms with van der Waals surface area (Å²) in [6, 6.07) is 0. The lowest BCUT2D eigenvalue weighted by Gasteiger charge is -2.10. The summed E-state index contributed by atoms with van der Waals surface area (Å²) in [4.78, 5) is 16.3. The van der Waals surface area contributed by atoms with Crippen LogP contribution in [0.3, 0.4) is 0 Å². The fourth-order valence-corrected chi connectivity index (χ4v) is 2.22. The van der Waals surface area contributed by atoms with Gasteiger partial charge in [0, 0.05) is 25.5 Å². The van der Waals surface area contributed by atoms with Crippen LogP contribution in [0.2, 0.25) is 0 Å². The van der Waals surface area contributed by atoms with Crippen molar-refractivity contribution in [3.63, 3.8) is 0 Å².